The zero-order chi connectivity index (χ0) is 13.6. The molecule has 3 nitrogen and oxygen atoms in total. The van der Waals surface area contributed by atoms with Gasteiger partial charge in [-0.15, -0.1) is 0 Å². The van der Waals surface area contributed by atoms with Gasteiger partial charge in [-0.25, -0.2) is 4.79 Å². The summed E-state index contributed by atoms with van der Waals surface area (Å²) in [5.74, 6) is 3.30. The van der Waals surface area contributed by atoms with E-state index < -0.39 is 12.1 Å². The smallest absolute Gasteiger partial charge is 0.331 e. The fraction of sp³-hybridized carbons (Fsp3) is 0.812. The van der Waals surface area contributed by atoms with Gasteiger partial charge in [0, 0.05) is 5.57 Å². The molecule has 6 atom stereocenters. The van der Waals surface area contributed by atoms with Gasteiger partial charge in [-0.1, -0.05) is 0 Å². The summed E-state index contributed by atoms with van der Waals surface area (Å²) in [6.07, 6.45) is 8.51. The van der Waals surface area contributed by atoms with E-state index in [1.165, 1.54) is 38.2 Å². The lowest BCUT2D eigenvalue weighted by Gasteiger charge is -2.29. The van der Waals surface area contributed by atoms with E-state index in [0.29, 0.717) is 5.92 Å². The molecule has 2 bridgehead atoms. The SMILES string of the molecule is CC(=CC(O)CC1CCC2C3CCC(C3)C12)C(=O)O. The van der Waals surface area contributed by atoms with Gasteiger partial charge in [0.1, 0.15) is 0 Å². The quantitative estimate of drug-likeness (QED) is 0.768. The number of carboxylic acids is 1. The number of carbonyl (C=O) groups is 1. The van der Waals surface area contributed by atoms with Crippen molar-refractivity contribution >= 4 is 5.97 Å². The van der Waals surface area contributed by atoms with Gasteiger partial charge >= 0.3 is 5.97 Å². The number of carboxylic acid groups (broad SMARTS) is 1. The Kier molecular flexibility index (Phi) is 3.42. The Morgan fingerprint density at radius 2 is 2.00 bits per heavy atom. The molecule has 0 aliphatic heterocycles. The molecule has 0 heterocycles. The molecule has 3 fully saturated rings. The summed E-state index contributed by atoms with van der Waals surface area (Å²) in [5, 5.41) is 18.9. The Hall–Kier alpha value is -0.830. The van der Waals surface area contributed by atoms with Crippen LogP contribution in [0.4, 0.5) is 0 Å². The Morgan fingerprint density at radius 3 is 2.74 bits per heavy atom. The molecule has 19 heavy (non-hydrogen) atoms. The van der Waals surface area contributed by atoms with E-state index in [4.69, 9.17) is 5.11 Å². The summed E-state index contributed by atoms with van der Waals surface area (Å²) in [5.41, 5.74) is 0.259. The summed E-state index contributed by atoms with van der Waals surface area (Å²) in [6.45, 7) is 1.56. The van der Waals surface area contributed by atoms with E-state index in [-0.39, 0.29) is 5.57 Å². The molecule has 0 spiro atoms. The van der Waals surface area contributed by atoms with Crippen LogP contribution in [0.25, 0.3) is 0 Å². The minimum atomic E-state index is -0.928. The average molecular weight is 264 g/mol. The van der Waals surface area contributed by atoms with Crippen LogP contribution in [0.2, 0.25) is 0 Å². The number of hydrogen-bond acceptors (Lipinski definition) is 2. The van der Waals surface area contributed by atoms with Crippen LogP contribution >= 0.6 is 0 Å². The van der Waals surface area contributed by atoms with Crippen molar-refractivity contribution < 1.29 is 15.0 Å². The van der Waals surface area contributed by atoms with Crippen LogP contribution in [-0.4, -0.2) is 22.3 Å². The summed E-state index contributed by atoms with van der Waals surface area (Å²) in [7, 11) is 0. The number of aliphatic hydroxyl groups is 1. The van der Waals surface area contributed by atoms with Crippen LogP contribution in [0.15, 0.2) is 11.6 Å². The minimum Gasteiger partial charge on any atom is -0.478 e. The fourth-order valence-corrected chi connectivity index (χ4v) is 5.23. The molecule has 106 valence electrons. The van der Waals surface area contributed by atoms with E-state index in [9.17, 15) is 9.90 Å². The van der Waals surface area contributed by atoms with Gasteiger partial charge in [0.25, 0.3) is 0 Å². The number of rotatable bonds is 4. The number of fused-ring (bicyclic) bond motifs is 5. The Labute approximate surface area is 114 Å². The number of hydrogen-bond donors (Lipinski definition) is 2. The Morgan fingerprint density at radius 1 is 1.26 bits per heavy atom. The lowest BCUT2D eigenvalue weighted by molar-refractivity contribution is -0.132. The van der Waals surface area contributed by atoms with Crippen molar-refractivity contribution in [3.63, 3.8) is 0 Å². The van der Waals surface area contributed by atoms with Gasteiger partial charge in [-0.05, 0) is 81.1 Å². The molecule has 3 rings (SSSR count). The Bertz CT molecular complexity index is 401. The Balaban J connectivity index is 1.62. The van der Waals surface area contributed by atoms with Crippen molar-refractivity contribution in [3.05, 3.63) is 11.6 Å². The average Bonchev–Trinajstić information content (AvgIpc) is 3.01. The van der Waals surface area contributed by atoms with E-state index in [1.54, 1.807) is 6.92 Å². The normalized spacial score (nSPS) is 42.4. The van der Waals surface area contributed by atoms with Crippen molar-refractivity contribution in [1.82, 2.24) is 0 Å². The molecule has 0 amide bonds. The van der Waals surface area contributed by atoms with Gasteiger partial charge in [0.15, 0.2) is 0 Å². The molecule has 2 N–H and O–H groups in total. The molecular weight excluding hydrogens is 240 g/mol. The second-order valence-corrected chi connectivity index (χ2v) is 6.87. The van der Waals surface area contributed by atoms with Crippen molar-refractivity contribution in [2.24, 2.45) is 29.6 Å². The van der Waals surface area contributed by atoms with E-state index in [2.05, 4.69) is 0 Å². The summed E-state index contributed by atoms with van der Waals surface area (Å²) in [6, 6.07) is 0. The second-order valence-electron chi connectivity index (χ2n) is 6.87. The monoisotopic (exact) mass is 264 g/mol. The topological polar surface area (TPSA) is 57.5 Å². The maximum Gasteiger partial charge on any atom is 0.331 e. The standard InChI is InChI=1S/C16H24O3/c1-9(16(18)19)6-13(17)8-12-4-5-14-10-2-3-11(7-10)15(12)14/h6,10-15,17H,2-5,7-8H2,1H3,(H,18,19). The van der Waals surface area contributed by atoms with Gasteiger partial charge in [0.05, 0.1) is 6.10 Å². The zero-order valence-electron chi connectivity index (χ0n) is 11.6. The van der Waals surface area contributed by atoms with E-state index in [1.807, 2.05) is 0 Å². The lowest BCUT2D eigenvalue weighted by Crippen LogP contribution is -2.24. The molecule has 3 aliphatic carbocycles. The highest BCUT2D eigenvalue weighted by molar-refractivity contribution is 5.85. The van der Waals surface area contributed by atoms with Crippen LogP contribution in [0.1, 0.15) is 45.4 Å². The van der Waals surface area contributed by atoms with Crippen molar-refractivity contribution in [3.8, 4) is 0 Å². The number of aliphatic carboxylic acids is 1. The molecule has 0 aromatic carbocycles. The van der Waals surface area contributed by atoms with Crippen molar-refractivity contribution in [2.45, 2.75) is 51.6 Å². The van der Waals surface area contributed by atoms with Crippen LogP contribution in [0.5, 0.6) is 0 Å². The predicted octanol–water partition coefficient (Wildman–Crippen LogP) is 2.84. The third-order valence-electron chi connectivity index (χ3n) is 5.90. The summed E-state index contributed by atoms with van der Waals surface area (Å²) in [4.78, 5) is 10.8. The molecular formula is C16H24O3. The van der Waals surface area contributed by atoms with Crippen LogP contribution in [0.3, 0.4) is 0 Å². The first-order valence-corrected chi connectivity index (χ1v) is 7.66. The lowest BCUT2D eigenvalue weighted by atomic mass is 9.76. The summed E-state index contributed by atoms with van der Waals surface area (Å²) < 4.78 is 0. The molecule has 0 radical (unpaired) electrons. The fourth-order valence-electron chi connectivity index (χ4n) is 5.23. The van der Waals surface area contributed by atoms with Crippen LogP contribution < -0.4 is 0 Å². The van der Waals surface area contributed by atoms with Gasteiger partial charge in [-0.2, -0.15) is 0 Å². The second kappa shape index (κ2) is 4.93. The largest absolute Gasteiger partial charge is 0.478 e. The molecule has 0 aromatic rings. The molecule has 6 unspecified atom stereocenters. The third-order valence-corrected chi connectivity index (χ3v) is 5.90. The molecule has 3 aliphatic rings. The maximum atomic E-state index is 10.8. The first-order chi connectivity index (χ1) is 9.06. The van der Waals surface area contributed by atoms with Crippen molar-refractivity contribution in [1.29, 1.82) is 0 Å². The predicted molar refractivity (Wildman–Crippen MR) is 72.6 cm³/mol. The minimum absolute atomic E-state index is 0.259. The van der Waals surface area contributed by atoms with Crippen LogP contribution in [0, 0.1) is 29.6 Å². The van der Waals surface area contributed by atoms with Crippen molar-refractivity contribution in [2.75, 3.05) is 0 Å². The highest BCUT2D eigenvalue weighted by Gasteiger charge is 2.53. The highest BCUT2D eigenvalue weighted by atomic mass is 16.4. The highest BCUT2D eigenvalue weighted by Crippen LogP contribution is 2.61. The zero-order valence-corrected chi connectivity index (χ0v) is 11.6. The first kappa shape index (κ1) is 13.2. The molecule has 3 heteroatoms. The summed E-state index contributed by atoms with van der Waals surface area (Å²) >= 11 is 0. The van der Waals surface area contributed by atoms with E-state index >= 15 is 0 Å². The first-order valence-electron chi connectivity index (χ1n) is 7.66. The van der Waals surface area contributed by atoms with Gasteiger partial charge < -0.3 is 10.2 Å². The molecule has 0 aromatic heterocycles. The van der Waals surface area contributed by atoms with Crippen LogP contribution in [-0.2, 0) is 4.79 Å². The maximum absolute atomic E-state index is 10.8. The molecule has 3 saturated carbocycles. The molecule has 0 saturated heterocycles. The van der Waals surface area contributed by atoms with Gasteiger partial charge in [0.2, 0.25) is 0 Å². The third kappa shape index (κ3) is 2.33. The number of aliphatic hydroxyl groups excluding tert-OH is 1. The van der Waals surface area contributed by atoms with E-state index in [0.717, 1.165) is 30.1 Å². The van der Waals surface area contributed by atoms with Gasteiger partial charge in [-0.3, -0.25) is 0 Å².